The van der Waals surface area contributed by atoms with Crippen molar-refractivity contribution in [2.45, 2.75) is 6.18 Å². The Bertz CT molecular complexity index is 485. The number of nitrogens with zero attached hydrogens (tertiary/aromatic N) is 3. The number of aryl methyl sites for hydroxylation is 1. The van der Waals surface area contributed by atoms with Crippen molar-refractivity contribution >= 4 is 0 Å². The Balaban J connectivity index is 2.33. The van der Waals surface area contributed by atoms with E-state index in [0.29, 0.717) is 11.4 Å². The molecule has 0 radical (unpaired) electrons. The second-order valence-corrected chi connectivity index (χ2v) is 3.32. The Morgan fingerprint density at radius 3 is 2.19 bits per heavy atom. The maximum Gasteiger partial charge on any atom is 0.416 e. The Morgan fingerprint density at radius 2 is 1.75 bits per heavy atom. The van der Waals surface area contributed by atoms with Crippen LogP contribution in [0.25, 0.3) is 11.4 Å². The molecule has 0 atom stereocenters. The number of hydrogen-bond acceptors (Lipinski definition) is 2. The highest BCUT2D eigenvalue weighted by Crippen LogP contribution is 2.30. The average molecular weight is 227 g/mol. The molecule has 2 rings (SSSR count). The molecule has 0 aliphatic carbocycles. The molecule has 0 bridgehead atoms. The zero-order chi connectivity index (χ0) is 11.8. The van der Waals surface area contributed by atoms with E-state index >= 15 is 0 Å². The molecule has 0 amide bonds. The monoisotopic (exact) mass is 227 g/mol. The number of alkyl halides is 3. The normalized spacial score (nSPS) is 11.8. The molecule has 1 heterocycles. The number of rotatable bonds is 1. The summed E-state index contributed by atoms with van der Waals surface area (Å²) in [6.45, 7) is 0. The van der Waals surface area contributed by atoms with Crippen molar-refractivity contribution in [3.8, 4) is 11.4 Å². The first kappa shape index (κ1) is 10.7. The first-order chi connectivity index (χ1) is 7.47. The van der Waals surface area contributed by atoms with Gasteiger partial charge in [-0.1, -0.05) is 12.1 Å². The zero-order valence-electron chi connectivity index (χ0n) is 8.36. The van der Waals surface area contributed by atoms with Gasteiger partial charge in [0.25, 0.3) is 0 Å². The van der Waals surface area contributed by atoms with Gasteiger partial charge in [-0.3, -0.25) is 4.68 Å². The predicted octanol–water partition coefficient (Wildman–Crippen LogP) is 2.50. The van der Waals surface area contributed by atoms with Crippen LogP contribution < -0.4 is 0 Å². The number of aromatic nitrogens is 3. The Labute approximate surface area is 89.5 Å². The largest absolute Gasteiger partial charge is 0.416 e. The van der Waals surface area contributed by atoms with Gasteiger partial charge in [0.15, 0.2) is 5.82 Å². The van der Waals surface area contributed by atoms with E-state index in [4.69, 9.17) is 0 Å². The molecule has 16 heavy (non-hydrogen) atoms. The summed E-state index contributed by atoms with van der Waals surface area (Å²) in [5.74, 6) is 0.413. The molecule has 84 valence electrons. The maximum absolute atomic E-state index is 12.3. The minimum absolute atomic E-state index is 0.413. The summed E-state index contributed by atoms with van der Waals surface area (Å²) in [7, 11) is 1.70. The number of hydrogen-bond donors (Lipinski definition) is 0. The lowest BCUT2D eigenvalue weighted by Gasteiger charge is -2.05. The van der Waals surface area contributed by atoms with Gasteiger partial charge in [-0.2, -0.15) is 18.3 Å². The van der Waals surface area contributed by atoms with Gasteiger partial charge in [0, 0.05) is 12.6 Å². The third-order valence-corrected chi connectivity index (χ3v) is 2.07. The van der Waals surface area contributed by atoms with E-state index in [2.05, 4.69) is 10.1 Å². The lowest BCUT2D eigenvalue weighted by molar-refractivity contribution is -0.137. The molecule has 0 spiro atoms. The van der Waals surface area contributed by atoms with Gasteiger partial charge in [0.1, 0.15) is 6.33 Å². The van der Waals surface area contributed by atoms with E-state index in [-0.39, 0.29) is 0 Å². The lowest BCUT2D eigenvalue weighted by atomic mass is 10.1. The molecule has 0 saturated heterocycles. The van der Waals surface area contributed by atoms with Crippen molar-refractivity contribution in [2.75, 3.05) is 0 Å². The molecule has 0 unspecified atom stereocenters. The molecule has 0 fully saturated rings. The highest BCUT2D eigenvalue weighted by atomic mass is 19.4. The van der Waals surface area contributed by atoms with Crippen LogP contribution in [0.4, 0.5) is 13.2 Å². The first-order valence-electron chi connectivity index (χ1n) is 4.50. The van der Waals surface area contributed by atoms with Gasteiger partial charge in [-0.05, 0) is 12.1 Å². The predicted molar refractivity (Wildman–Crippen MR) is 51.4 cm³/mol. The quantitative estimate of drug-likeness (QED) is 0.749. The fourth-order valence-corrected chi connectivity index (χ4v) is 1.28. The maximum atomic E-state index is 12.3. The minimum Gasteiger partial charge on any atom is -0.255 e. The average Bonchev–Trinajstić information content (AvgIpc) is 2.64. The van der Waals surface area contributed by atoms with Crippen molar-refractivity contribution < 1.29 is 13.2 Å². The Hall–Kier alpha value is -1.85. The van der Waals surface area contributed by atoms with E-state index in [1.54, 1.807) is 7.05 Å². The van der Waals surface area contributed by atoms with Crippen molar-refractivity contribution in [1.29, 1.82) is 0 Å². The van der Waals surface area contributed by atoms with Crippen LogP contribution >= 0.6 is 0 Å². The molecule has 2 aromatic rings. The molecule has 0 saturated carbocycles. The molecule has 1 aromatic heterocycles. The standard InChI is InChI=1S/C10H8F3N3/c1-16-6-14-9(15-16)7-2-4-8(5-3-7)10(11,12)13/h2-6H,1H3. The SMILES string of the molecule is Cn1cnc(-c2ccc(C(F)(F)F)cc2)n1. The van der Waals surface area contributed by atoms with Crippen molar-refractivity contribution in [3.05, 3.63) is 36.2 Å². The number of benzene rings is 1. The molecule has 6 heteroatoms. The van der Waals surface area contributed by atoms with E-state index in [9.17, 15) is 13.2 Å². The third-order valence-electron chi connectivity index (χ3n) is 2.07. The van der Waals surface area contributed by atoms with E-state index in [0.717, 1.165) is 12.1 Å². The van der Waals surface area contributed by atoms with E-state index < -0.39 is 11.7 Å². The summed E-state index contributed by atoms with van der Waals surface area (Å²) in [4.78, 5) is 3.95. The summed E-state index contributed by atoms with van der Waals surface area (Å²) in [6, 6.07) is 4.76. The molecule has 1 aromatic carbocycles. The van der Waals surface area contributed by atoms with Crippen LogP contribution in [-0.4, -0.2) is 14.8 Å². The second kappa shape index (κ2) is 3.62. The summed E-state index contributed by atoms with van der Waals surface area (Å²) in [5.41, 5.74) is -0.110. The highest BCUT2D eigenvalue weighted by Gasteiger charge is 2.30. The Morgan fingerprint density at radius 1 is 1.12 bits per heavy atom. The van der Waals surface area contributed by atoms with E-state index in [1.165, 1.54) is 23.1 Å². The topological polar surface area (TPSA) is 30.7 Å². The lowest BCUT2D eigenvalue weighted by Crippen LogP contribution is -2.04. The van der Waals surface area contributed by atoms with Gasteiger partial charge in [0.2, 0.25) is 0 Å². The van der Waals surface area contributed by atoms with Gasteiger partial charge in [-0.25, -0.2) is 4.98 Å². The Kier molecular flexibility index (Phi) is 2.41. The van der Waals surface area contributed by atoms with Crippen molar-refractivity contribution in [3.63, 3.8) is 0 Å². The van der Waals surface area contributed by atoms with Crippen molar-refractivity contribution in [1.82, 2.24) is 14.8 Å². The van der Waals surface area contributed by atoms with Gasteiger partial charge < -0.3 is 0 Å². The fourth-order valence-electron chi connectivity index (χ4n) is 1.28. The summed E-state index contributed by atoms with van der Waals surface area (Å²) in [6.07, 6.45) is -2.82. The van der Waals surface area contributed by atoms with E-state index in [1.807, 2.05) is 0 Å². The van der Waals surface area contributed by atoms with Crippen LogP contribution in [-0.2, 0) is 13.2 Å². The molecule has 3 nitrogen and oxygen atoms in total. The van der Waals surface area contributed by atoms with Gasteiger partial charge in [0.05, 0.1) is 5.56 Å². The molecule has 0 N–H and O–H groups in total. The highest BCUT2D eigenvalue weighted by molar-refractivity contribution is 5.54. The summed E-state index contributed by atoms with van der Waals surface area (Å²) < 4.78 is 38.4. The summed E-state index contributed by atoms with van der Waals surface area (Å²) >= 11 is 0. The van der Waals surface area contributed by atoms with Crippen LogP contribution in [0.15, 0.2) is 30.6 Å². The van der Waals surface area contributed by atoms with Gasteiger partial charge >= 0.3 is 6.18 Å². The smallest absolute Gasteiger partial charge is 0.255 e. The molecule has 0 aliphatic rings. The van der Waals surface area contributed by atoms with Crippen LogP contribution in [0.5, 0.6) is 0 Å². The third kappa shape index (κ3) is 2.05. The number of halogens is 3. The molecular formula is C10H8F3N3. The fraction of sp³-hybridized carbons (Fsp3) is 0.200. The summed E-state index contributed by atoms with van der Waals surface area (Å²) in [5, 5.41) is 4.00. The first-order valence-corrected chi connectivity index (χ1v) is 4.50. The van der Waals surface area contributed by atoms with Gasteiger partial charge in [-0.15, -0.1) is 0 Å². The van der Waals surface area contributed by atoms with Crippen LogP contribution in [0, 0.1) is 0 Å². The zero-order valence-corrected chi connectivity index (χ0v) is 8.36. The second-order valence-electron chi connectivity index (χ2n) is 3.32. The molecular weight excluding hydrogens is 219 g/mol. The van der Waals surface area contributed by atoms with Crippen LogP contribution in [0.2, 0.25) is 0 Å². The van der Waals surface area contributed by atoms with Crippen molar-refractivity contribution in [2.24, 2.45) is 7.05 Å². The minimum atomic E-state index is -4.31. The molecule has 0 aliphatic heterocycles. The van der Waals surface area contributed by atoms with Crippen LogP contribution in [0.1, 0.15) is 5.56 Å². The van der Waals surface area contributed by atoms with Crippen LogP contribution in [0.3, 0.4) is 0 Å².